The Bertz CT molecular complexity index is 209. The number of aromatic nitrogens is 2. The summed E-state index contributed by atoms with van der Waals surface area (Å²) in [7, 11) is 0. The third-order valence-corrected chi connectivity index (χ3v) is 1.30. The lowest BCUT2D eigenvalue weighted by atomic mass is 10.3. The van der Waals surface area contributed by atoms with Gasteiger partial charge in [-0.1, -0.05) is 0 Å². The minimum Gasteiger partial charge on any atom is -0.505 e. The number of rotatable bonds is 3. The van der Waals surface area contributed by atoms with E-state index in [2.05, 4.69) is 9.97 Å². The molecule has 0 atom stereocenters. The van der Waals surface area contributed by atoms with Crippen LogP contribution in [0.15, 0.2) is 12.4 Å². The van der Waals surface area contributed by atoms with Gasteiger partial charge in [0.25, 0.3) is 0 Å². The van der Waals surface area contributed by atoms with Crippen molar-refractivity contribution < 1.29 is 5.11 Å². The standard InChI is InChI=1S/C7H11N3O/c8-3-1-2-7-9-4-6(11)5-10-7/h4-5,11H,1-3,8H2. The number of hydrogen-bond donors (Lipinski definition) is 2. The zero-order valence-corrected chi connectivity index (χ0v) is 6.20. The van der Waals surface area contributed by atoms with E-state index in [1.165, 1.54) is 12.4 Å². The van der Waals surface area contributed by atoms with Crippen molar-refractivity contribution in [2.75, 3.05) is 6.54 Å². The Hall–Kier alpha value is -1.16. The van der Waals surface area contributed by atoms with E-state index in [-0.39, 0.29) is 5.75 Å². The van der Waals surface area contributed by atoms with Crippen LogP contribution >= 0.6 is 0 Å². The molecule has 60 valence electrons. The first-order chi connectivity index (χ1) is 5.33. The van der Waals surface area contributed by atoms with Crippen LogP contribution in [0, 0.1) is 0 Å². The lowest BCUT2D eigenvalue weighted by molar-refractivity contribution is 0.468. The molecule has 0 bridgehead atoms. The minimum absolute atomic E-state index is 0.0986. The Labute approximate surface area is 65.1 Å². The van der Waals surface area contributed by atoms with Crippen LogP contribution in [0.1, 0.15) is 12.2 Å². The second kappa shape index (κ2) is 3.88. The summed E-state index contributed by atoms with van der Waals surface area (Å²) < 4.78 is 0. The van der Waals surface area contributed by atoms with Gasteiger partial charge in [0.1, 0.15) is 5.82 Å². The molecule has 0 spiro atoms. The molecule has 4 nitrogen and oxygen atoms in total. The molecule has 1 aromatic rings. The van der Waals surface area contributed by atoms with Gasteiger partial charge in [-0.05, 0) is 13.0 Å². The average Bonchev–Trinajstić information content (AvgIpc) is 2.04. The Balaban J connectivity index is 2.52. The molecule has 0 aliphatic heterocycles. The molecule has 0 saturated heterocycles. The summed E-state index contributed by atoms with van der Waals surface area (Å²) in [6.45, 7) is 0.643. The molecule has 0 aliphatic rings. The van der Waals surface area contributed by atoms with Gasteiger partial charge in [-0.2, -0.15) is 0 Å². The molecule has 0 radical (unpaired) electrons. The highest BCUT2D eigenvalue weighted by Gasteiger charge is 1.94. The van der Waals surface area contributed by atoms with Crippen molar-refractivity contribution in [1.29, 1.82) is 0 Å². The van der Waals surface area contributed by atoms with E-state index in [0.29, 0.717) is 6.54 Å². The fourth-order valence-corrected chi connectivity index (χ4v) is 0.737. The maximum atomic E-state index is 8.83. The van der Waals surface area contributed by atoms with Crippen LogP contribution in [0.5, 0.6) is 5.75 Å². The smallest absolute Gasteiger partial charge is 0.152 e. The van der Waals surface area contributed by atoms with E-state index in [1.54, 1.807) is 0 Å². The number of nitrogens with two attached hydrogens (primary N) is 1. The zero-order valence-electron chi connectivity index (χ0n) is 6.20. The Morgan fingerprint density at radius 2 is 2.00 bits per heavy atom. The fraction of sp³-hybridized carbons (Fsp3) is 0.429. The molecule has 4 heteroatoms. The van der Waals surface area contributed by atoms with Crippen molar-refractivity contribution in [3.63, 3.8) is 0 Å². The third-order valence-electron chi connectivity index (χ3n) is 1.30. The topological polar surface area (TPSA) is 72.0 Å². The summed E-state index contributed by atoms with van der Waals surface area (Å²) in [6, 6.07) is 0. The zero-order chi connectivity index (χ0) is 8.10. The van der Waals surface area contributed by atoms with Crippen LogP contribution in [0.2, 0.25) is 0 Å². The molecule has 11 heavy (non-hydrogen) atoms. The largest absolute Gasteiger partial charge is 0.505 e. The van der Waals surface area contributed by atoms with Crippen LogP contribution in [0.25, 0.3) is 0 Å². The van der Waals surface area contributed by atoms with Crippen LogP contribution in [-0.2, 0) is 6.42 Å². The van der Waals surface area contributed by atoms with Gasteiger partial charge >= 0.3 is 0 Å². The third kappa shape index (κ3) is 2.51. The number of aromatic hydroxyl groups is 1. The van der Waals surface area contributed by atoms with Crippen molar-refractivity contribution >= 4 is 0 Å². The number of hydrogen-bond acceptors (Lipinski definition) is 4. The number of aryl methyl sites for hydroxylation is 1. The summed E-state index contributed by atoms with van der Waals surface area (Å²) in [4.78, 5) is 7.80. The first kappa shape index (κ1) is 7.94. The molecule has 0 aliphatic carbocycles. The lowest BCUT2D eigenvalue weighted by Gasteiger charge is -1.96. The molecule has 0 saturated carbocycles. The second-order valence-electron chi connectivity index (χ2n) is 2.25. The summed E-state index contributed by atoms with van der Waals surface area (Å²) in [5.74, 6) is 0.828. The van der Waals surface area contributed by atoms with Crippen LogP contribution < -0.4 is 5.73 Å². The van der Waals surface area contributed by atoms with Gasteiger partial charge in [0.15, 0.2) is 5.75 Å². The van der Waals surface area contributed by atoms with Crippen LogP contribution in [0.3, 0.4) is 0 Å². The molecule has 0 unspecified atom stereocenters. The molecular weight excluding hydrogens is 142 g/mol. The Morgan fingerprint density at radius 3 is 2.55 bits per heavy atom. The maximum Gasteiger partial charge on any atom is 0.152 e. The molecule has 0 fully saturated rings. The van der Waals surface area contributed by atoms with Crippen molar-refractivity contribution in [3.05, 3.63) is 18.2 Å². The SMILES string of the molecule is NCCCc1ncc(O)cn1. The predicted octanol–water partition coefficient (Wildman–Crippen LogP) is 0.0735. The lowest BCUT2D eigenvalue weighted by Crippen LogP contribution is -2.02. The van der Waals surface area contributed by atoms with E-state index < -0.39 is 0 Å². The van der Waals surface area contributed by atoms with E-state index in [1.807, 2.05) is 0 Å². The molecule has 1 rings (SSSR count). The van der Waals surface area contributed by atoms with Gasteiger partial charge in [-0.25, -0.2) is 9.97 Å². The average molecular weight is 153 g/mol. The van der Waals surface area contributed by atoms with E-state index in [0.717, 1.165) is 18.7 Å². The molecule has 1 heterocycles. The molecular formula is C7H11N3O. The number of nitrogens with zero attached hydrogens (tertiary/aromatic N) is 2. The van der Waals surface area contributed by atoms with Gasteiger partial charge in [0, 0.05) is 6.42 Å². The highest BCUT2D eigenvalue weighted by Crippen LogP contribution is 2.02. The van der Waals surface area contributed by atoms with Crippen LogP contribution in [-0.4, -0.2) is 21.6 Å². The summed E-state index contributed by atoms with van der Waals surface area (Å²) in [5.41, 5.74) is 5.30. The first-order valence-electron chi connectivity index (χ1n) is 3.53. The van der Waals surface area contributed by atoms with Crippen molar-refractivity contribution in [3.8, 4) is 5.75 Å². The van der Waals surface area contributed by atoms with Gasteiger partial charge in [-0.3, -0.25) is 0 Å². The first-order valence-corrected chi connectivity index (χ1v) is 3.53. The van der Waals surface area contributed by atoms with Crippen molar-refractivity contribution in [1.82, 2.24) is 9.97 Å². The Kier molecular flexibility index (Phi) is 2.80. The molecule has 3 N–H and O–H groups in total. The predicted molar refractivity (Wildman–Crippen MR) is 41.1 cm³/mol. The summed E-state index contributed by atoms with van der Waals surface area (Å²) in [6.07, 6.45) is 4.43. The second-order valence-corrected chi connectivity index (χ2v) is 2.25. The maximum absolute atomic E-state index is 8.83. The van der Waals surface area contributed by atoms with Gasteiger partial charge in [-0.15, -0.1) is 0 Å². The van der Waals surface area contributed by atoms with E-state index in [9.17, 15) is 0 Å². The minimum atomic E-state index is 0.0986. The highest BCUT2D eigenvalue weighted by molar-refractivity contribution is 5.09. The highest BCUT2D eigenvalue weighted by atomic mass is 16.3. The molecule has 0 aromatic carbocycles. The van der Waals surface area contributed by atoms with Gasteiger partial charge in [0.2, 0.25) is 0 Å². The summed E-state index contributed by atoms with van der Waals surface area (Å²) in [5, 5.41) is 8.83. The molecule has 0 amide bonds. The van der Waals surface area contributed by atoms with Crippen molar-refractivity contribution in [2.24, 2.45) is 5.73 Å². The summed E-state index contributed by atoms with van der Waals surface area (Å²) >= 11 is 0. The fourth-order valence-electron chi connectivity index (χ4n) is 0.737. The van der Waals surface area contributed by atoms with Gasteiger partial charge in [0.05, 0.1) is 12.4 Å². The van der Waals surface area contributed by atoms with E-state index in [4.69, 9.17) is 10.8 Å². The normalized spacial score (nSPS) is 9.91. The molecule has 1 aromatic heterocycles. The quantitative estimate of drug-likeness (QED) is 0.644. The van der Waals surface area contributed by atoms with Crippen molar-refractivity contribution in [2.45, 2.75) is 12.8 Å². The van der Waals surface area contributed by atoms with E-state index >= 15 is 0 Å². The van der Waals surface area contributed by atoms with Crippen LogP contribution in [0.4, 0.5) is 0 Å². The monoisotopic (exact) mass is 153 g/mol. The Morgan fingerprint density at radius 1 is 1.36 bits per heavy atom. The van der Waals surface area contributed by atoms with Gasteiger partial charge < -0.3 is 10.8 Å².